The summed E-state index contributed by atoms with van der Waals surface area (Å²) in [5.41, 5.74) is 9.81. The lowest BCUT2D eigenvalue weighted by atomic mass is 10.1. The van der Waals surface area contributed by atoms with E-state index in [1.165, 1.54) is 29.7 Å². The fourth-order valence-corrected chi connectivity index (χ4v) is 2.92. The quantitative estimate of drug-likeness (QED) is 0.883. The zero-order valence-corrected chi connectivity index (χ0v) is 11.8. The minimum absolute atomic E-state index is 0.627. The van der Waals surface area contributed by atoms with Gasteiger partial charge < -0.3 is 15.5 Å². The maximum Gasteiger partial charge on any atom is 0.0417 e. The second-order valence-electron chi connectivity index (χ2n) is 5.59. The van der Waals surface area contributed by atoms with E-state index in [2.05, 4.69) is 49.0 Å². The third-order valence-corrected chi connectivity index (χ3v) is 3.72. The van der Waals surface area contributed by atoms with Gasteiger partial charge >= 0.3 is 0 Å². The zero-order chi connectivity index (χ0) is 13.1. The third-order valence-electron chi connectivity index (χ3n) is 3.72. The number of rotatable bonds is 4. The minimum Gasteiger partial charge on any atom is -0.367 e. The van der Waals surface area contributed by atoms with Crippen molar-refractivity contribution >= 4 is 5.69 Å². The predicted octanol–water partition coefficient (Wildman–Crippen LogP) is 1.98. The number of hydrogen-bond acceptors (Lipinski definition) is 3. The molecule has 1 aliphatic rings. The molecule has 0 radical (unpaired) electrons. The van der Waals surface area contributed by atoms with E-state index in [9.17, 15) is 0 Å². The van der Waals surface area contributed by atoms with Gasteiger partial charge in [0, 0.05) is 31.4 Å². The van der Waals surface area contributed by atoms with E-state index in [1.807, 2.05) is 0 Å². The van der Waals surface area contributed by atoms with Crippen molar-refractivity contribution in [3.63, 3.8) is 0 Å². The molecule has 0 bridgehead atoms. The molecular weight excluding hydrogens is 222 g/mol. The molecule has 1 heterocycles. The van der Waals surface area contributed by atoms with Crippen molar-refractivity contribution in [1.29, 1.82) is 0 Å². The van der Waals surface area contributed by atoms with Crippen molar-refractivity contribution in [2.24, 2.45) is 5.73 Å². The first-order valence-corrected chi connectivity index (χ1v) is 6.83. The van der Waals surface area contributed by atoms with Gasteiger partial charge in [0.05, 0.1) is 0 Å². The normalized spacial score (nSPS) is 19.8. The van der Waals surface area contributed by atoms with E-state index in [0.29, 0.717) is 12.6 Å². The van der Waals surface area contributed by atoms with Gasteiger partial charge in [-0.15, -0.1) is 0 Å². The summed E-state index contributed by atoms with van der Waals surface area (Å²) < 4.78 is 0. The van der Waals surface area contributed by atoms with Crippen LogP contribution in [0.2, 0.25) is 0 Å². The van der Waals surface area contributed by atoms with Crippen molar-refractivity contribution in [1.82, 2.24) is 4.90 Å². The number of hydrogen-bond donors (Lipinski definition) is 1. The summed E-state index contributed by atoms with van der Waals surface area (Å²) in [6.07, 6.45) is 2.58. The maximum atomic E-state index is 5.90. The molecular formula is C15H25N3. The summed E-state index contributed by atoms with van der Waals surface area (Å²) in [4.78, 5) is 4.82. The van der Waals surface area contributed by atoms with E-state index < -0.39 is 0 Å². The molecule has 1 fully saturated rings. The molecule has 1 atom stereocenters. The smallest absolute Gasteiger partial charge is 0.0417 e. The van der Waals surface area contributed by atoms with Crippen LogP contribution in [0.25, 0.3) is 0 Å². The van der Waals surface area contributed by atoms with Crippen LogP contribution in [-0.4, -0.2) is 38.1 Å². The van der Waals surface area contributed by atoms with Gasteiger partial charge in [-0.3, -0.25) is 0 Å². The van der Waals surface area contributed by atoms with Gasteiger partial charge in [-0.05, 0) is 45.5 Å². The van der Waals surface area contributed by atoms with Gasteiger partial charge in [-0.25, -0.2) is 0 Å². The number of nitrogens with zero attached hydrogens (tertiary/aromatic N) is 2. The SMILES string of the molecule is Cc1ccc(N2CCCC2CN(C)C)c(CN)c1. The van der Waals surface area contributed by atoms with Crippen LogP contribution in [0.5, 0.6) is 0 Å². The molecule has 2 N–H and O–H groups in total. The minimum atomic E-state index is 0.627. The molecule has 3 heteroatoms. The number of aryl methyl sites for hydroxylation is 1. The molecule has 1 aromatic rings. The summed E-state index contributed by atoms with van der Waals surface area (Å²) >= 11 is 0. The average molecular weight is 247 g/mol. The Kier molecular flexibility index (Phi) is 4.25. The van der Waals surface area contributed by atoms with E-state index in [1.54, 1.807) is 0 Å². The summed E-state index contributed by atoms with van der Waals surface area (Å²) in [5.74, 6) is 0. The summed E-state index contributed by atoms with van der Waals surface area (Å²) in [6, 6.07) is 7.29. The first-order valence-electron chi connectivity index (χ1n) is 6.83. The summed E-state index contributed by atoms with van der Waals surface area (Å²) in [6.45, 7) is 5.04. The van der Waals surface area contributed by atoms with E-state index in [-0.39, 0.29) is 0 Å². The lowest BCUT2D eigenvalue weighted by molar-refractivity contribution is 0.372. The van der Waals surface area contributed by atoms with Crippen molar-refractivity contribution in [3.05, 3.63) is 29.3 Å². The molecule has 1 aromatic carbocycles. The van der Waals surface area contributed by atoms with Crippen molar-refractivity contribution < 1.29 is 0 Å². The van der Waals surface area contributed by atoms with Gasteiger partial charge in [0.15, 0.2) is 0 Å². The Labute approximate surface area is 111 Å². The second kappa shape index (κ2) is 5.72. The summed E-state index contributed by atoms with van der Waals surface area (Å²) in [7, 11) is 4.30. The van der Waals surface area contributed by atoms with Gasteiger partial charge in [0.2, 0.25) is 0 Å². The Hall–Kier alpha value is -1.06. The largest absolute Gasteiger partial charge is 0.367 e. The number of nitrogens with two attached hydrogens (primary N) is 1. The molecule has 1 unspecified atom stereocenters. The summed E-state index contributed by atoms with van der Waals surface area (Å²) in [5, 5.41) is 0. The van der Waals surface area contributed by atoms with Crippen LogP contribution in [0.1, 0.15) is 24.0 Å². The highest BCUT2D eigenvalue weighted by Gasteiger charge is 2.26. The monoisotopic (exact) mass is 247 g/mol. The molecule has 0 spiro atoms. The Morgan fingerprint density at radius 3 is 2.83 bits per heavy atom. The molecule has 0 aliphatic carbocycles. The highest BCUT2D eigenvalue weighted by molar-refractivity contribution is 5.56. The van der Waals surface area contributed by atoms with Gasteiger partial charge in [0.25, 0.3) is 0 Å². The van der Waals surface area contributed by atoms with E-state index in [4.69, 9.17) is 5.73 Å². The molecule has 0 aromatic heterocycles. The van der Waals surface area contributed by atoms with Crippen LogP contribution in [0, 0.1) is 6.92 Å². The Bertz CT molecular complexity index is 401. The Balaban J connectivity index is 2.24. The van der Waals surface area contributed by atoms with E-state index >= 15 is 0 Å². The lowest BCUT2D eigenvalue weighted by Gasteiger charge is -2.30. The Morgan fingerprint density at radius 1 is 1.39 bits per heavy atom. The van der Waals surface area contributed by atoms with Crippen molar-refractivity contribution in [2.75, 3.05) is 32.1 Å². The molecule has 2 rings (SSSR count). The highest BCUT2D eigenvalue weighted by Crippen LogP contribution is 2.29. The van der Waals surface area contributed by atoms with Crippen LogP contribution in [-0.2, 0) is 6.54 Å². The van der Waals surface area contributed by atoms with Crippen LogP contribution < -0.4 is 10.6 Å². The number of anilines is 1. The van der Waals surface area contributed by atoms with Crippen molar-refractivity contribution in [3.8, 4) is 0 Å². The van der Waals surface area contributed by atoms with Crippen molar-refractivity contribution in [2.45, 2.75) is 32.4 Å². The molecule has 0 amide bonds. The average Bonchev–Trinajstić information content (AvgIpc) is 2.76. The van der Waals surface area contributed by atoms with Crippen LogP contribution in [0.3, 0.4) is 0 Å². The third kappa shape index (κ3) is 2.85. The molecule has 0 saturated carbocycles. The molecule has 3 nitrogen and oxygen atoms in total. The molecule has 1 aliphatic heterocycles. The fraction of sp³-hybridized carbons (Fsp3) is 0.600. The van der Waals surface area contributed by atoms with Crippen LogP contribution in [0.4, 0.5) is 5.69 Å². The standard InChI is InChI=1S/C15H25N3/c1-12-6-7-15(13(9-12)10-16)18-8-4-5-14(18)11-17(2)3/h6-7,9,14H,4-5,8,10-11,16H2,1-3H3. The fourth-order valence-electron chi connectivity index (χ4n) is 2.92. The zero-order valence-electron chi connectivity index (χ0n) is 11.8. The van der Waals surface area contributed by atoms with Crippen LogP contribution in [0.15, 0.2) is 18.2 Å². The number of likely N-dealkylation sites (N-methyl/N-ethyl adjacent to an activating group) is 1. The predicted molar refractivity (Wildman–Crippen MR) is 78.0 cm³/mol. The van der Waals surface area contributed by atoms with Gasteiger partial charge in [0.1, 0.15) is 0 Å². The highest BCUT2D eigenvalue weighted by atomic mass is 15.2. The first-order chi connectivity index (χ1) is 8.61. The maximum absolute atomic E-state index is 5.90. The number of benzene rings is 1. The Morgan fingerprint density at radius 2 is 2.17 bits per heavy atom. The second-order valence-corrected chi connectivity index (χ2v) is 5.59. The lowest BCUT2D eigenvalue weighted by Crippen LogP contribution is -2.38. The first kappa shape index (κ1) is 13.4. The molecule has 100 valence electrons. The van der Waals surface area contributed by atoms with Gasteiger partial charge in [-0.1, -0.05) is 17.7 Å². The molecule has 1 saturated heterocycles. The topological polar surface area (TPSA) is 32.5 Å². The van der Waals surface area contributed by atoms with Crippen LogP contribution >= 0.6 is 0 Å². The van der Waals surface area contributed by atoms with E-state index in [0.717, 1.165) is 13.1 Å². The van der Waals surface area contributed by atoms with Gasteiger partial charge in [-0.2, -0.15) is 0 Å². The molecule has 18 heavy (non-hydrogen) atoms.